The molecule has 0 bridgehead atoms. The number of nitrogens with zero attached hydrogens (tertiary/aromatic N) is 1. The van der Waals surface area contributed by atoms with Crippen LogP contribution in [0.4, 0.5) is 5.69 Å². The van der Waals surface area contributed by atoms with Gasteiger partial charge in [-0.25, -0.2) is 0 Å². The number of nitro benzene ring substituents is 1. The van der Waals surface area contributed by atoms with Crippen molar-refractivity contribution in [3.8, 4) is 0 Å². The van der Waals surface area contributed by atoms with Gasteiger partial charge in [-0.2, -0.15) is 0 Å². The first-order valence-electron chi connectivity index (χ1n) is 5.68. The van der Waals surface area contributed by atoms with Gasteiger partial charge in [0.2, 0.25) is 0 Å². The standard InChI is InChI=1S/C12H15BrN2O3/c1-9(13)5-4-8-14-12(16)10-6-2-3-7-11(10)15(17)18/h2-3,6-7,9H,4-5,8H2,1H3,(H,14,16). The Bertz CT molecular complexity index is 435. The molecule has 5 nitrogen and oxygen atoms in total. The molecule has 0 aliphatic heterocycles. The summed E-state index contributed by atoms with van der Waals surface area (Å²) in [5.41, 5.74) is -0.0572. The lowest BCUT2D eigenvalue weighted by molar-refractivity contribution is -0.385. The summed E-state index contributed by atoms with van der Waals surface area (Å²) < 4.78 is 0. The summed E-state index contributed by atoms with van der Waals surface area (Å²) in [6, 6.07) is 5.94. The van der Waals surface area contributed by atoms with Crippen molar-refractivity contribution < 1.29 is 9.72 Å². The van der Waals surface area contributed by atoms with Crippen LogP contribution in [0.15, 0.2) is 24.3 Å². The van der Waals surface area contributed by atoms with Crippen molar-refractivity contribution in [1.29, 1.82) is 0 Å². The summed E-state index contributed by atoms with van der Waals surface area (Å²) in [7, 11) is 0. The molecule has 0 aromatic heterocycles. The van der Waals surface area contributed by atoms with E-state index in [2.05, 4.69) is 21.2 Å². The van der Waals surface area contributed by atoms with Gasteiger partial charge in [0.05, 0.1) is 4.92 Å². The molecule has 0 saturated heterocycles. The molecule has 1 amide bonds. The molecule has 1 aromatic carbocycles. The number of hydrogen-bond donors (Lipinski definition) is 1. The fourth-order valence-electron chi connectivity index (χ4n) is 1.51. The van der Waals surface area contributed by atoms with Crippen LogP contribution in [0.5, 0.6) is 0 Å². The number of para-hydroxylation sites is 1. The van der Waals surface area contributed by atoms with E-state index in [0.29, 0.717) is 11.4 Å². The monoisotopic (exact) mass is 314 g/mol. The lowest BCUT2D eigenvalue weighted by atomic mass is 10.1. The van der Waals surface area contributed by atoms with E-state index in [-0.39, 0.29) is 11.3 Å². The number of amides is 1. The maximum atomic E-state index is 11.8. The zero-order chi connectivity index (χ0) is 13.5. The number of carbonyl (C=O) groups is 1. The van der Waals surface area contributed by atoms with E-state index in [0.717, 1.165) is 12.8 Å². The number of hydrogen-bond acceptors (Lipinski definition) is 3. The predicted octanol–water partition coefficient (Wildman–Crippen LogP) is 2.89. The minimum atomic E-state index is -0.546. The normalized spacial score (nSPS) is 11.9. The highest BCUT2D eigenvalue weighted by Gasteiger charge is 2.18. The molecule has 0 aliphatic rings. The van der Waals surface area contributed by atoms with Gasteiger partial charge in [0.15, 0.2) is 0 Å². The van der Waals surface area contributed by atoms with Crippen molar-refractivity contribution in [3.63, 3.8) is 0 Å². The van der Waals surface area contributed by atoms with Gasteiger partial charge in [-0.1, -0.05) is 35.0 Å². The van der Waals surface area contributed by atoms with E-state index >= 15 is 0 Å². The second kappa shape index (κ2) is 7.10. The molecule has 0 aliphatic carbocycles. The van der Waals surface area contributed by atoms with E-state index < -0.39 is 10.8 Å². The molecule has 6 heteroatoms. The Morgan fingerprint density at radius 2 is 2.17 bits per heavy atom. The number of carbonyl (C=O) groups excluding carboxylic acids is 1. The van der Waals surface area contributed by atoms with Gasteiger partial charge in [0, 0.05) is 17.4 Å². The Kier molecular flexibility index (Phi) is 5.77. The van der Waals surface area contributed by atoms with Gasteiger partial charge in [-0.3, -0.25) is 14.9 Å². The highest BCUT2D eigenvalue weighted by Crippen LogP contribution is 2.17. The first kappa shape index (κ1) is 14.6. The van der Waals surface area contributed by atoms with Crippen LogP contribution in [0.1, 0.15) is 30.1 Å². The molecule has 1 unspecified atom stereocenters. The van der Waals surface area contributed by atoms with Crippen molar-refractivity contribution in [2.45, 2.75) is 24.6 Å². The maximum absolute atomic E-state index is 11.8. The van der Waals surface area contributed by atoms with Crippen molar-refractivity contribution in [3.05, 3.63) is 39.9 Å². The summed E-state index contributed by atoms with van der Waals surface area (Å²) >= 11 is 3.42. The van der Waals surface area contributed by atoms with Crippen LogP contribution >= 0.6 is 15.9 Å². The molecular weight excluding hydrogens is 300 g/mol. The fraction of sp³-hybridized carbons (Fsp3) is 0.417. The third kappa shape index (κ3) is 4.44. The first-order valence-corrected chi connectivity index (χ1v) is 6.59. The predicted molar refractivity (Wildman–Crippen MR) is 73.1 cm³/mol. The van der Waals surface area contributed by atoms with Crippen molar-refractivity contribution >= 4 is 27.5 Å². The molecule has 18 heavy (non-hydrogen) atoms. The molecule has 0 heterocycles. The van der Waals surface area contributed by atoms with E-state index in [1.807, 2.05) is 6.92 Å². The van der Waals surface area contributed by atoms with Crippen LogP contribution in [0, 0.1) is 10.1 Å². The van der Waals surface area contributed by atoms with Gasteiger partial charge >= 0.3 is 0 Å². The minimum Gasteiger partial charge on any atom is -0.352 e. The Morgan fingerprint density at radius 1 is 1.50 bits per heavy atom. The summed E-state index contributed by atoms with van der Waals surface area (Å²) in [5.74, 6) is -0.399. The van der Waals surface area contributed by atoms with Gasteiger partial charge in [0.1, 0.15) is 5.56 Å². The van der Waals surface area contributed by atoms with E-state index in [9.17, 15) is 14.9 Å². The molecular formula is C12H15BrN2O3. The number of benzene rings is 1. The summed E-state index contributed by atoms with van der Waals surface area (Å²) in [6.45, 7) is 2.55. The Labute approximate surface area is 114 Å². The Hall–Kier alpha value is -1.43. The van der Waals surface area contributed by atoms with Crippen LogP contribution in [-0.2, 0) is 0 Å². The second-order valence-corrected chi connectivity index (χ2v) is 5.52. The van der Waals surface area contributed by atoms with Gasteiger partial charge in [-0.15, -0.1) is 0 Å². The zero-order valence-corrected chi connectivity index (χ0v) is 11.6. The largest absolute Gasteiger partial charge is 0.352 e. The minimum absolute atomic E-state index is 0.106. The summed E-state index contributed by atoms with van der Waals surface area (Å²) in [4.78, 5) is 22.4. The highest BCUT2D eigenvalue weighted by molar-refractivity contribution is 9.09. The van der Waals surface area contributed by atoms with Gasteiger partial charge in [0.25, 0.3) is 11.6 Å². The third-order valence-corrected chi connectivity index (χ3v) is 2.87. The zero-order valence-electron chi connectivity index (χ0n) is 10.1. The quantitative estimate of drug-likeness (QED) is 0.380. The van der Waals surface area contributed by atoms with Crippen molar-refractivity contribution in [1.82, 2.24) is 5.32 Å². The van der Waals surface area contributed by atoms with Crippen molar-refractivity contribution in [2.24, 2.45) is 0 Å². The molecule has 0 saturated carbocycles. The average Bonchev–Trinajstić information content (AvgIpc) is 2.34. The van der Waals surface area contributed by atoms with E-state index in [1.54, 1.807) is 12.1 Å². The Balaban J connectivity index is 2.59. The van der Waals surface area contributed by atoms with E-state index in [1.165, 1.54) is 12.1 Å². The van der Waals surface area contributed by atoms with E-state index in [4.69, 9.17) is 0 Å². The number of nitrogens with one attached hydrogen (secondary N) is 1. The van der Waals surface area contributed by atoms with Crippen LogP contribution < -0.4 is 5.32 Å². The molecule has 0 radical (unpaired) electrons. The second-order valence-electron chi connectivity index (χ2n) is 3.95. The van der Waals surface area contributed by atoms with Crippen LogP contribution in [-0.4, -0.2) is 22.2 Å². The lowest BCUT2D eigenvalue weighted by Crippen LogP contribution is -2.25. The number of rotatable bonds is 6. The Morgan fingerprint density at radius 3 is 2.78 bits per heavy atom. The molecule has 1 rings (SSSR count). The van der Waals surface area contributed by atoms with Crippen LogP contribution in [0.25, 0.3) is 0 Å². The first-order chi connectivity index (χ1) is 8.52. The molecule has 1 N–H and O–H groups in total. The molecule has 1 aromatic rings. The summed E-state index contributed by atoms with van der Waals surface area (Å²) in [6.07, 6.45) is 1.77. The molecule has 98 valence electrons. The maximum Gasteiger partial charge on any atom is 0.282 e. The average molecular weight is 315 g/mol. The lowest BCUT2D eigenvalue weighted by Gasteiger charge is -2.06. The molecule has 1 atom stereocenters. The smallest absolute Gasteiger partial charge is 0.282 e. The SMILES string of the molecule is CC(Br)CCCNC(=O)c1ccccc1[N+](=O)[O-]. The number of nitro groups is 1. The number of alkyl halides is 1. The highest BCUT2D eigenvalue weighted by atomic mass is 79.9. The summed E-state index contributed by atoms with van der Waals surface area (Å²) in [5, 5.41) is 13.5. The van der Waals surface area contributed by atoms with Crippen molar-refractivity contribution in [2.75, 3.05) is 6.54 Å². The topological polar surface area (TPSA) is 72.2 Å². The van der Waals surface area contributed by atoms with Gasteiger partial charge < -0.3 is 5.32 Å². The molecule has 0 fully saturated rings. The van der Waals surface area contributed by atoms with Crippen LogP contribution in [0.3, 0.4) is 0 Å². The molecule has 0 spiro atoms. The number of halogens is 1. The fourth-order valence-corrected chi connectivity index (χ4v) is 1.83. The van der Waals surface area contributed by atoms with Gasteiger partial charge in [-0.05, 0) is 18.9 Å². The third-order valence-electron chi connectivity index (χ3n) is 2.41. The van der Waals surface area contributed by atoms with Crippen LogP contribution in [0.2, 0.25) is 0 Å².